The van der Waals surface area contributed by atoms with Crippen molar-refractivity contribution >= 4 is 49.6 Å². The Morgan fingerprint density at radius 1 is 1.15 bits per heavy atom. The van der Waals surface area contributed by atoms with Gasteiger partial charge in [0, 0.05) is 7.05 Å². The van der Waals surface area contributed by atoms with Crippen molar-refractivity contribution in [1.29, 1.82) is 0 Å². The molecule has 2 aromatic heterocycles. The van der Waals surface area contributed by atoms with Crippen LogP contribution in [0.5, 0.6) is 0 Å². The number of aromatic carboxylic acids is 1. The van der Waals surface area contributed by atoms with Crippen LogP contribution in [0.25, 0.3) is 21.3 Å². The van der Waals surface area contributed by atoms with E-state index in [1.54, 1.807) is 29.5 Å². The third-order valence-corrected chi connectivity index (χ3v) is 5.36. The summed E-state index contributed by atoms with van der Waals surface area (Å²) >= 11 is 1.58. The molecule has 132 valence electrons. The van der Waals surface area contributed by atoms with Gasteiger partial charge in [0.15, 0.2) is 5.13 Å². The quantitative estimate of drug-likeness (QED) is 0.545. The Balaban J connectivity index is 1.71. The zero-order valence-electron chi connectivity index (χ0n) is 14.6. The number of carbonyl (C=O) groups is 1. The van der Waals surface area contributed by atoms with Gasteiger partial charge >= 0.3 is 5.97 Å². The summed E-state index contributed by atoms with van der Waals surface area (Å²) in [6.45, 7) is 4.35. The van der Waals surface area contributed by atoms with Crippen LogP contribution in [0.2, 0.25) is 0 Å². The summed E-state index contributed by atoms with van der Waals surface area (Å²) in [5, 5.41) is 13.2. The minimum atomic E-state index is -0.959. The Morgan fingerprint density at radius 3 is 2.69 bits per heavy atom. The molecule has 4 aromatic rings. The maximum atomic E-state index is 11.1. The van der Waals surface area contributed by atoms with E-state index in [-0.39, 0.29) is 5.56 Å². The molecule has 26 heavy (non-hydrogen) atoms. The molecule has 0 bridgehead atoms. The molecular formula is C19H18N4O2S. The van der Waals surface area contributed by atoms with Crippen LogP contribution in [-0.4, -0.2) is 25.6 Å². The topological polar surface area (TPSA) is 80.0 Å². The molecule has 2 heterocycles. The summed E-state index contributed by atoms with van der Waals surface area (Å²) in [7, 11) is 1.89. The Bertz CT molecular complexity index is 1140. The van der Waals surface area contributed by atoms with Crippen molar-refractivity contribution in [3.63, 3.8) is 0 Å². The second-order valence-corrected chi connectivity index (χ2v) is 7.56. The van der Waals surface area contributed by atoms with Gasteiger partial charge in [-0.2, -0.15) is 0 Å². The van der Waals surface area contributed by atoms with Crippen LogP contribution in [0.3, 0.4) is 0 Å². The molecule has 0 unspecified atom stereocenters. The van der Waals surface area contributed by atoms with Gasteiger partial charge in [0.2, 0.25) is 5.95 Å². The number of aryl methyl sites for hydroxylation is 1. The van der Waals surface area contributed by atoms with Gasteiger partial charge in [-0.15, -0.1) is 0 Å². The van der Waals surface area contributed by atoms with Gasteiger partial charge in [-0.05, 0) is 41.8 Å². The molecule has 0 radical (unpaired) electrons. The summed E-state index contributed by atoms with van der Waals surface area (Å²) in [6.07, 6.45) is 0. The maximum absolute atomic E-state index is 11.1. The van der Waals surface area contributed by atoms with Gasteiger partial charge in [0.25, 0.3) is 0 Å². The second kappa shape index (κ2) is 6.10. The molecule has 2 aromatic carbocycles. The number of carboxylic acids is 1. The molecule has 2 N–H and O–H groups in total. The number of carboxylic acid groups (broad SMARTS) is 1. The molecule has 0 amide bonds. The summed E-state index contributed by atoms with van der Waals surface area (Å²) < 4.78 is 3.03. The van der Waals surface area contributed by atoms with Gasteiger partial charge < -0.3 is 15.0 Å². The molecule has 0 saturated heterocycles. The molecule has 0 aliphatic heterocycles. The number of imidazole rings is 1. The first kappa shape index (κ1) is 16.5. The summed E-state index contributed by atoms with van der Waals surface area (Å²) in [5.74, 6) is 0.144. The molecule has 7 heteroatoms. The average Bonchev–Trinajstić information content (AvgIpc) is 3.14. The highest BCUT2D eigenvalue weighted by molar-refractivity contribution is 7.22. The van der Waals surface area contributed by atoms with Gasteiger partial charge in [-0.3, -0.25) is 0 Å². The van der Waals surface area contributed by atoms with E-state index in [2.05, 4.69) is 41.3 Å². The lowest BCUT2D eigenvalue weighted by molar-refractivity contribution is 0.0697. The maximum Gasteiger partial charge on any atom is 0.335 e. The summed E-state index contributed by atoms with van der Waals surface area (Å²) in [5.41, 5.74) is 3.97. The fourth-order valence-corrected chi connectivity index (χ4v) is 3.80. The van der Waals surface area contributed by atoms with Crippen molar-refractivity contribution in [2.75, 3.05) is 5.32 Å². The first-order valence-corrected chi connectivity index (χ1v) is 9.11. The number of fused-ring (bicyclic) bond motifs is 2. The standard InChI is InChI=1S/C19H18N4O2S/c1-10(2)11-4-6-13-16(9-11)26-19(21-13)22-18-20-14-8-12(17(24)25)5-7-15(14)23(18)3/h4-10H,1-3H3,(H,24,25)(H,20,21,22). The van der Waals surface area contributed by atoms with Crippen LogP contribution >= 0.6 is 11.3 Å². The minimum Gasteiger partial charge on any atom is -0.478 e. The predicted molar refractivity (Wildman–Crippen MR) is 105 cm³/mol. The lowest BCUT2D eigenvalue weighted by atomic mass is 10.0. The van der Waals surface area contributed by atoms with Crippen LogP contribution in [0.4, 0.5) is 11.1 Å². The fourth-order valence-electron chi connectivity index (χ4n) is 2.89. The molecule has 6 nitrogen and oxygen atoms in total. The normalized spacial score (nSPS) is 11.5. The predicted octanol–water partition coefficient (Wildman–Crippen LogP) is 4.75. The molecule has 0 aliphatic carbocycles. The molecule has 0 fully saturated rings. The van der Waals surface area contributed by atoms with E-state index >= 15 is 0 Å². The molecule has 4 rings (SSSR count). The summed E-state index contributed by atoms with van der Waals surface area (Å²) in [6, 6.07) is 11.3. The highest BCUT2D eigenvalue weighted by Gasteiger charge is 2.13. The van der Waals surface area contributed by atoms with E-state index < -0.39 is 5.97 Å². The van der Waals surface area contributed by atoms with Crippen molar-refractivity contribution in [1.82, 2.24) is 14.5 Å². The number of nitrogens with zero attached hydrogens (tertiary/aromatic N) is 3. The van der Waals surface area contributed by atoms with E-state index in [1.165, 1.54) is 5.56 Å². The molecule has 0 saturated carbocycles. The van der Waals surface area contributed by atoms with E-state index in [1.807, 2.05) is 17.7 Å². The van der Waals surface area contributed by atoms with Gasteiger partial charge in [0.1, 0.15) is 0 Å². The second-order valence-electron chi connectivity index (χ2n) is 6.53. The van der Waals surface area contributed by atoms with E-state index in [0.29, 0.717) is 17.4 Å². The zero-order valence-corrected chi connectivity index (χ0v) is 15.5. The Kier molecular flexibility index (Phi) is 3.88. The van der Waals surface area contributed by atoms with Crippen molar-refractivity contribution < 1.29 is 9.90 Å². The Labute approximate surface area is 154 Å². The molecular weight excluding hydrogens is 348 g/mol. The average molecular weight is 366 g/mol. The third-order valence-electron chi connectivity index (χ3n) is 4.43. The lowest BCUT2D eigenvalue weighted by Crippen LogP contribution is -1.98. The van der Waals surface area contributed by atoms with E-state index in [9.17, 15) is 4.79 Å². The number of hydrogen-bond acceptors (Lipinski definition) is 5. The number of hydrogen-bond donors (Lipinski definition) is 2. The molecule has 0 aliphatic rings. The number of anilines is 2. The van der Waals surface area contributed by atoms with Crippen LogP contribution in [0.15, 0.2) is 36.4 Å². The smallest absolute Gasteiger partial charge is 0.335 e. The van der Waals surface area contributed by atoms with Gasteiger partial charge in [-0.1, -0.05) is 31.3 Å². The summed E-state index contributed by atoms with van der Waals surface area (Å²) in [4.78, 5) is 20.3. The van der Waals surface area contributed by atoms with E-state index in [4.69, 9.17) is 5.11 Å². The number of aromatic nitrogens is 3. The molecule has 0 atom stereocenters. The first-order valence-electron chi connectivity index (χ1n) is 8.29. The SMILES string of the molecule is CC(C)c1ccc2nc(Nc3nc4cc(C(=O)O)ccc4n3C)sc2c1. The fraction of sp³-hybridized carbons (Fsp3) is 0.211. The zero-order chi connectivity index (χ0) is 18.4. The molecule has 0 spiro atoms. The van der Waals surface area contributed by atoms with Gasteiger partial charge in [0.05, 0.1) is 26.8 Å². The van der Waals surface area contributed by atoms with Crippen molar-refractivity contribution in [3.05, 3.63) is 47.5 Å². The van der Waals surface area contributed by atoms with Crippen molar-refractivity contribution in [3.8, 4) is 0 Å². The van der Waals surface area contributed by atoms with Crippen molar-refractivity contribution in [2.45, 2.75) is 19.8 Å². The number of rotatable bonds is 4. The van der Waals surface area contributed by atoms with Crippen molar-refractivity contribution in [2.24, 2.45) is 7.05 Å². The highest BCUT2D eigenvalue weighted by Crippen LogP contribution is 2.31. The van der Waals surface area contributed by atoms with Crippen LogP contribution in [-0.2, 0) is 7.05 Å². The Morgan fingerprint density at radius 2 is 1.96 bits per heavy atom. The third kappa shape index (κ3) is 2.80. The van der Waals surface area contributed by atoms with Crippen LogP contribution < -0.4 is 5.32 Å². The monoisotopic (exact) mass is 366 g/mol. The van der Waals surface area contributed by atoms with Gasteiger partial charge in [-0.25, -0.2) is 14.8 Å². The first-order chi connectivity index (χ1) is 12.4. The van der Waals surface area contributed by atoms with E-state index in [0.717, 1.165) is 20.9 Å². The number of thiazole rings is 1. The highest BCUT2D eigenvalue weighted by atomic mass is 32.1. The van der Waals surface area contributed by atoms with Crippen LogP contribution in [0.1, 0.15) is 35.7 Å². The lowest BCUT2D eigenvalue weighted by Gasteiger charge is -2.03. The number of benzene rings is 2. The Hall–Kier alpha value is -2.93. The number of nitrogens with one attached hydrogen (secondary N) is 1. The minimum absolute atomic E-state index is 0.225. The van der Waals surface area contributed by atoms with Crippen LogP contribution in [0, 0.1) is 0 Å². The largest absolute Gasteiger partial charge is 0.478 e.